The quantitative estimate of drug-likeness (QED) is 0.257. The first-order valence-corrected chi connectivity index (χ1v) is 12.2. The molecule has 2 aromatic carbocycles. The number of esters is 2. The van der Waals surface area contributed by atoms with Crippen molar-refractivity contribution >= 4 is 57.7 Å². The van der Waals surface area contributed by atoms with Crippen LogP contribution in [0.25, 0.3) is 11.0 Å². The number of nitro benzene ring substituents is 2. The molecule has 200 valence electrons. The van der Waals surface area contributed by atoms with Gasteiger partial charge in [-0.15, -0.1) is 0 Å². The van der Waals surface area contributed by atoms with E-state index in [0.717, 1.165) is 23.4 Å². The number of nitrogens with zero attached hydrogens (tertiary/aromatic N) is 3. The first-order valence-electron chi connectivity index (χ1n) is 11.3. The fourth-order valence-electron chi connectivity index (χ4n) is 4.08. The van der Waals surface area contributed by atoms with Crippen LogP contribution in [0.15, 0.2) is 48.5 Å². The molecule has 0 amide bonds. The maximum atomic E-state index is 13.9. The average molecular weight is 553 g/mol. The Kier molecular flexibility index (Phi) is 7.49. The first kappa shape index (κ1) is 27.1. The highest BCUT2D eigenvalue weighted by Crippen LogP contribution is 2.40. The van der Waals surface area contributed by atoms with Gasteiger partial charge >= 0.3 is 11.9 Å². The third-order valence-corrected chi connectivity index (χ3v) is 7.06. The maximum absolute atomic E-state index is 13.9. The number of nitrogen functional groups attached to an aromatic ring is 1. The van der Waals surface area contributed by atoms with Crippen molar-refractivity contribution in [3.63, 3.8) is 0 Å². The van der Waals surface area contributed by atoms with Gasteiger partial charge in [-0.1, -0.05) is 36.0 Å². The monoisotopic (exact) mass is 552 g/mol. The van der Waals surface area contributed by atoms with Gasteiger partial charge in [0.05, 0.1) is 34.6 Å². The molecule has 4 rings (SSSR count). The summed E-state index contributed by atoms with van der Waals surface area (Å²) in [6.45, 7) is 1.51. The van der Waals surface area contributed by atoms with Crippen molar-refractivity contribution in [3.05, 3.63) is 96.1 Å². The van der Waals surface area contributed by atoms with Crippen molar-refractivity contribution in [2.75, 3.05) is 19.5 Å². The third kappa shape index (κ3) is 4.96. The number of ether oxygens (including phenoxy) is 2. The molecule has 0 unspecified atom stereocenters. The number of aromatic nitrogens is 1. The molecule has 2 heterocycles. The van der Waals surface area contributed by atoms with Gasteiger partial charge in [0.25, 0.3) is 11.4 Å². The number of non-ortho nitro benzene ring substituents is 2. The van der Waals surface area contributed by atoms with Crippen molar-refractivity contribution in [1.82, 2.24) is 4.57 Å². The largest absolute Gasteiger partial charge is 0.465 e. The fourth-order valence-corrected chi connectivity index (χ4v) is 5.30. The Morgan fingerprint density at radius 3 is 2.33 bits per heavy atom. The Labute approximate surface area is 223 Å². The summed E-state index contributed by atoms with van der Waals surface area (Å²) in [5.41, 5.74) is 5.84. The second kappa shape index (κ2) is 10.8. The molecule has 2 N–H and O–H groups in total. The Hall–Kier alpha value is -4.98. The van der Waals surface area contributed by atoms with Gasteiger partial charge in [-0.05, 0) is 24.1 Å². The van der Waals surface area contributed by atoms with Crippen molar-refractivity contribution in [2.45, 2.75) is 12.2 Å². The molecule has 13 nitrogen and oxygen atoms in total. The Morgan fingerprint density at radius 1 is 1.08 bits per heavy atom. The van der Waals surface area contributed by atoms with Crippen LogP contribution in [-0.4, -0.2) is 46.0 Å². The maximum Gasteiger partial charge on any atom is 0.357 e. The SMILES string of the molecule is CCOC(=O)c1c(N)/c(=C\c2cccc([N+](=O)[O-])c2)c2n1C(=O)[C@@H](c1cccc([N+](=O)[O-])c1)SC=2C(=O)OC. The molecule has 1 aliphatic rings. The van der Waals surface area contributed by atoms with Crippen LogP contribution in [0.3, 0.4) is 0 Å². The molecule has 0 saturated carbocycles. The smallest absolute Gasteiger partial charge is 0.357 e. The number of fused-ring (bicyclic) bond motifs is 1. The molecule has 1 aliphatic heterocycles. The Balaban J connectivity index is 2.09. The Bertz CT molecular complexity index is 1680. The Morgan fingerprint density at radius 2 is 1.72 bits per heavy atom. The minimum atomic E-state index is -1.18. The van der Waals surface area contributed by atoms with Gasteiger partial charge in [0.2, 0.25) is 5.91 Å². The van der Waals surface area contributed by atoms with Crippen LogP contribution in [-0.2, 0) is 14.3 Å². The topological polar surface area (TPSA) is 187 Å². The summed E-state index contributed by atoms with van der Waals surface area (Å²) < 4.78 is 11.0. The van der Waals surface area contributed by atoms with Crippen LogP contribution >= 0.6 is 11.8 Å². The van der Waals surface area contributed by atoms with E-state index in [4.69, 9.17) is 15.2 Å². The summed E-state index contributed by atoms with van der Waals surface area (Å²) in [6, 6.07) is 10.9. The molecule has 0 spiro atoms. The van der Waals surface area contributed by atoms with Crippen LogP contribution in [0.5, 0.6) is 0 Å². The van der Waals surface area contributed by atoms with Gasteiger partial charge in [0.15, 0.2) is 5.69 Å². The summed E-state index contributed by atoms with van der Waals surface area (Å²) in [5, 5.41) is 21.4. The zero-order valence-corrected chi connectivity index (χ0v) is 21.3. The number of carbonyl (C=O) groups is 3. The number of hydrogen-bond donors (Lipinski definition) is 1. The number of rotatable bonds is 7. The molecular weight excluding hydrogens is 532 g/mol. The second-order valence-corrected chi connectivity index (χ2v) is 9.20. The normalized spacial score (nSPS) is 15.0. The lowest BCUT2D eigenvalue weighted by atomic mass is 10.1. The molecular formula is C25H20N4O9S. The van der Waals surface area contributed by atoms with E-state index in [1.807, 2.05) is 0 Å². The molecule has 39 heavy (non-hydrogen) atoms. The van der Waals surface area contributed by atoms with Crippen LogP contribution in [0.1, 0.15) is 38.6 Å². The number of nitrogens with two attached hydrogens (primary N) is 1. The zero-order valence-electron chi connectivity index (χ0n) is 20.5. The molecule has 0 fully saturated rings. The van der Waals surface area contributed by atoms with E-state index in [2.05, 4.69) is 0 Å². The molecule has 0 saturated heterocycles. The molecule has 0 bridgehead atoms. The van der Waals surface area contributed by atoms with Gasteiger partial charge in [-0.3, -0.25) is 29.6 Å². The summed E-state index contributed by atoms with van der Waals surface area (Å²) >= 11 is 0.782. The molecule has 14 heteroatoms. The summed E-state index contributed by atoms with van der Waals surface area (Å²) in [4.78, 5) is 61.2. The lowest BCUT2D eigenvalue weighted by Crippen LogP contribution is -2.42. The van der Waals surface area contributed by atoms with Crippen LogP contribution in [0.2, 0.25) is 0 Å². The van der Waals surface area contributed by atoms with Crippen molar-refractivity contribution in [1.29, 1.82) is 0 Å². The van der Waals surface area contributed by atoms with Gasteiger partial charge in [0, 0.05) is 29.5 Å². The summed E-state index contributed by atoms with van der Waals surface area (Å²) in [6.07, 6.45) is 1.40. The predicted octanol–water partition coefficient (Wildman–Crippen LogP) is 2.30. The van der Waals surface area contributed by atoms with E-state index in [-0.39, 0.29) is 50.4 Å². The van der Waals surface area contributed by atoms with E-state index in [9.17, 15) is 34.6 Å². The number of benzene rings is 2. The number of thioether (sulfide) groups is 1. The van der Waals surface area contributed by atoms with Gasteiger partial charge < -0.3 is 15.2 Å². The highest BCUT2D eigenvalue weighted by molar-refractivity contribution is 8.10. The van der Waals surface area contributed by atoms with Crippen LogP contribution < -0.4 is 16.3 Å². The number of hydrogen-bond acceptors (Lipinski definition) is 11. The minimum absolute atomic E-state index is 0.0481. The predicted molar refractivity (Wildman–Crippen MR) is 140 cm³/mol. The van der Waals surface area contributed by atoms with E-state index in [1.54, 1.807) is 13.0 Å². The van der Waals surface area contributed by atoms with E-state index < -0.39 is 32.9 Å². The van der Waals surface area contributed by atoms with Crippen LogP contribution in [0, 0.1) is 20.2 Å². The van der Waals surface area contributed by atoms with E-state index >= 15 is 0 Å². The van der Waals surface area contributed by atoms with Crippen molar-refractivity contribution in [2.24, 2.45) is 0 Å². The number of nitro groups is 2. The number of methoxy groups -OCH3 is 1. The first-order chi connectivity index (χ1) is 18.6. The molecule has 3 aromatic rings. The van der Waals surface area contributed by atoms with Crippen LogP contribution in [0.4, 0.5) is 17.1 Å². The lowest BCUT2D eigenvalue weighted by molar-refractivity contribution is -0.385. The lowest BCUT2D eigenvalue weighted by Gasteiger charge is -2.23. The van der Waals surface area contributed by atoms with E-state index in [1.165, 1.54) is 48.5 Å². The van der Waals surface area contributed by atoms with Gasteiger partial charge in [-0.25, -0.2) is 9.59 Å². The highest BCUT2D eigenvalue weighted by atomic mass is 32.2. The number of anilines is 1. The standard InChI is InChI=1S/C25H20N4O9S/c1-3-38-24(31)20-18(26)17(11-13-6-4-8-15(10-13)28(33)34)19-22(25(32)37-2)39-21(23(30)27(19)20)14-7-5-9-16(12-14)29(35)36/h4-12,21H,3,26H2,1-2H3/b17-11+/t21-/m1/s1. The molecule has 0 radical (unpaired) electrons. The minimum Gasteiger partial charge on any atom is -0.465 e. The summed E-state index contributed by atoms with van der Waals surface area (Å²) in [7, 11) is 1.13. The fraction of sp³-hybridized carbons (Fsp3) is 0.160. The molecule has 0 aliphatic carbocycles. The van der Waals surface area contributed by atoms with Crippen molar-refractivity contribution < 1.29 is 33.7 Å². The van der Waals surface area contributed by atoms with Gasteiger partial charge in [0.1, 0.15) is 10.2 Å². The zero-order chi connectivity index (χ0) is 28.4. The van der Waals surface area contributed by atoms with Crippen molar-refractivity contribution in [3.8, 4) is 0 Å². The number of carbonyl (C=O) groups excluding carboxylic acids is 3. The molecule has 1 atom stereocenters. The third-order valence-electron chi connectivity index (χ3n) is 5.76. The highest BCUT2D eigenvalue weighted by Gasteiger charge is 2.38. The second-order valence-electron chi connectivity index (χ2n) is 8.09. The van der Waals surface area contributed by atoms with Gasteiger partial charge in [-0.2, -0.15) is 0 Å². The van der Waals surface area contributed by atoms with E-state index in [0.29, 0.717) is 5.56 Å². The molecule has 1 aromatic heterocycles. The summed E-state index contributed by atoms with van der Waals surface area (Å²) in [5.74, 6) is -2.51. The average Bonchev–Trinajstić information content (AvgIpc) is 3.21.